The fourth-order valence-corrected chi connectivity index (χ4v) is 1.23. The SMILES string of the molecule is C=C(C(=O)OC(C)(C)C)c1cc(OC)c(N)cn1. The molecule has 1 aromatic rings. The number of nitrogens with zero attached hydrogens (tertiary/aromatic N) is 1. The first kappa shape index (κ1) is 14.0. The number of esters is 1. The van der Waals surface area contributed by atoms with Gasteiger partial charge in [-0.05, 0) is 20.8 Å². The fourth-order valence-electron chi connectivity index (χ4n) is 1.23. The van der Waals surface area contributed by atoms with E-state index in [2.05, 4.69) is 11.6 Å². The van der Waals surface area contributed by atoms with E-state index in [9.17, 15) is 4.79 Å². The molecule has 0 unspecified atom stereocenters. The number of carbonyl (C=O) groups is 1. The van der Waals surface area contributed by atoms with Crippen LogP contribution in [-0.2, 0) is 9.53 Å². The van der Waals surface area contributed by atoms with Crippen molar-refractivity contribution in [1.82, 2.24) is 4.98 Å². The summed E-state index contributed by atoms with van der Waals surface area (Å²) in [5.41, 5.74) is 6.03. The Bertz CT molecular complexity index is 476. The molecule has 0 amide bonds. The minimum absolute atomic E-state index is 0.170. The highest BCUT2D eigenvalue weighted by Gasteiger charge is 2.20. The van der Waals surface area contributed by atoms with Crippen LogP contribution in [-0.4, -0.2) is 23.7 Å². The van der Waals surface area contributed by atoms with E-state index >= 15 is 0 Å². The van der Waals surface area contributed by atoms with Gasteiger partial charge in [-0.15, -0.1) is 0 Å². The van der Waals surface area contributed by atoms with Gasteiger partial charge in [0.25, 0.3) is 0 Å². The van der Waals surface area contributed by atoms with Crippen molar-refractivity contribution >= 4 is 17.2 Å². The second-order valence-corrected chi connectivity index (χ2v) is 4.79. The van der Waals surface area contributed by atoms with Crippen molar-refractivity contribution in [2.24, 2.45) is 0 Å². The molecule has 18 heavy (non-hydrogen) atoms. The molecule has 0 fully saturated rings. The molecular formula is C13H18N2O3. The Morgan fingerprint density at radius 3 is 2.56 bits per heavy atom. The summed E-state index contributed by atoms with van der Waals surface area (Å²) >= 11 is 0. The Morgan fingerprint density at radius 1 is 1.44 bits per heavy atom. The number of hydrogen-bond donors (Lipinski definition) is 1. The zero-order valence-corrected chi connectivity index (χ0v) is 11.1. The summed E-state index contributed by atoms with van der Waals surface area (Å²) < 4.78 is 10.3. The molecule has 0 bridgehead atoms. The van der Waals surface area contributed by atoms with E-state index in [1.165, 1.54) is 13.3 Å². The van der Waals surface area contributed by atoms with Gasteiger partial charge >= 0.3 is 5.97 Å². The number of hydrogen-bond acceptors (Lipinski definition) is 5. The third-order valence-electron chi connectivity index (χ3n) is 2.07. The van der Waals surface area contributed by atoms with Crippen LogP contribution < -0.4 is 10.5 Å². The molecule has 5 nitrogen and oxygen atoms in total. The summed E-state index contributed by atoms with van der Waals surface area (Å²) in [5.74, 6) is -0.0634. The van der Waals surface area contributed by atoms with E-state index in [1.807, 2.05) is 0 Å². The number of pyridine rings is 1. The molecule has 0 atom stereocenters. The van der Waals surface area contributed by atoms with Crippen LogP contribution in [0, 0.1) is 0 Å². The predicted molar refractivity (Wildman–Crippen MR) is 70.1 cm³/mol. The molecule has 1 aromatic heterocycles. The van der Waals surface area contributed by atoms with Gasteiger partial charge in [0.05, 0.1) is 30.3 Å². The quantitative estimate of drug-likeness (QED) is 0.656. The lowest BCUT2D eigenvalue weighted by Gasteiger charge is -2.20. The number of anilines is 1. The van der Waals surface area contributed by atoms with E-state index in [1.54, 1.807) is 26.8 Å². The topological polar surface area (TPSA) is 74.4 Å². The summed E-state index contributed by atoms with van der Waals surface area (Å²) in [6.45, 7) is 9.04. The van der Waals surface area contributed by atoms with E-state index in [4.69, 9.17) is 15.2 Å². The van der Waals surface area contributed by atoms with Gasteiger partial charge in [0.15, 0.2) is 0 Å². The lowest BCUT2D eigenvalue weighted by molar-refractivity contribution is -0.147. The van der Waals surface area contributed by atoms with Crippen molar-refractivity contribution in [3.05, 3.63) is 24.5 Å². The highest BCUT2D eigenvalue weighted by atomic mass is 16.6. The normalized spacial score (nSPS) is 10.9. The second-order valence-electron chi connectivity index (χ2n) is 4.79. The van der Waals surface area contributed by atoms with Gasteiger partial charge in [0.2, 0.25) is 0 Å². The number of aromatic nitrogens is 1. The fraction of sp³-hybridized carbons (Fsp3) is 0.385. The summed E-state index contributed by atoms with van der Waals surface area (Å²) in [6.07, 6.45) is 1.42. The number of nitrogen functional groups attached to an aromatic ring is 1. The molecule has 0 saturated heterocycles. The number of rotatable bonds is 3. The molecule has 0 spiro atoms. The molecule has 0 radical (unpaired) electrons. The first-order chi connectivity index (χ1) is 8.24. The second kappa shape index (κ2) is 5.08. The van der Waals surface area contributed by atoms with E-state index < -0.39 is 11.6 Å². The van der Waals surface area contributed by atoms with Crippen molar-refractivity contribution in [3.8, 4) is 5.75 Å². The summed E-state index contributed by atoms with van der Waals surface area (Å²) in [7, 11) is 1.49. The van der Waals surface area contributed by atoms with Crippen LogP contribution in [0.25, 0.3) is 5.57 Å². The van der Waals surface area contributed by atoms with Crippen LogP contribution in [0.1, 0.15) is 26.5 Å². The monoisotopic (exact) mass is 250 g/mol. The molecule has 98 valence electrons. The van der Waals surface area contributed by atoms with Crippen LogP contribution in [0.5, 0.6) is 5.75 Å². The van der Waals surface area contributed by atoms with Gasteiger partial charge in [-0.1, -0.05) is 6.58 Å². The summed E-state index contributed by atoms with van der Waals surface area (Å²) in [4.78, 5) is 15.8. The van der Waals surface area contributed by atoms with Crippen LogP contribution in [0.4, 0.5) is 5.69 Å². The molecule has 5 heteroatoms. The zero-order valence-electron chi connectivity index (χ0n) is 11.1. The van der Waals surface area contributed by atoms with Gasteiger partial charge in [-0.3, -0.25) is 4.98 Å². The highest BCUT2D eigenvalue weighted by Crippen LogP contribution is 2.24. The Hall–Kier alpha value is -2.04. The first-order valence-electron chi connectivity index (χ1n) is 5.46. The Kier molecular flexibility index (Phi) is 3.96. The number of carbonyl (C=O) groups excluding carboxylic acids is 1. The molecule has 0 aliphatic heterocycles. The van der Waals surface area contributed by atoms with Gasteiger partial charge < -0.3 is 15.2 Å². The maximum atomic E-state index is 11.8. The molecule has 0 aliphatic rings. The molecule has 0 aromatic carbocycles. The molecule has 1 heterocycles. The maximum absolute atomic E-state index is 11.8. The van der Waals surface area contributed by atoms with Gasteiger partial charge in [0.1, 0.15) is 11.4 Å². The van der Waals surface area contributed by atoms with Crippen LogP contribution in [0.2, 0.25) is 0 Å². The minimum atomic E-state index is -0.572. The van der Waals surface area contributed by atoms with E-state index in [-0.39, 0.29) is 5.57 Å². The number of ether oxygens (including phenoxy) is 2. The molecular weight excluding hydrogens is 232 g/mol. The lowest BCUT2D eigenvalue weighted by atomic mass is 10.1. The van der Waals surface area contributed by atoms with Crippen molar-refractivity contribution in [1.29, 1.82) is 0 Å². The molecule has 1 rings (SSSR count). The Morgan fingerprint density at radius 2 is 2.06 bits per heavy atom. The van der Waals surface area contributed by atoms with Gasteiger partial charge in [-0.2, -0.15) is 0 Å². The van der Waals surface area contributed by atoms with Crippen LogP contribution in [0.15, 0.2) is 18.8 Å². The zero-order chi connectivity index (χ0) is 13.9. The molecule has 2 N–H and O–H groups in total. The first-order valence-corrected chi connectivity index (χ1v) is 5.46. The smallest absolute Gasteiger partial charge is 0.340 e. The maximum Gasteiger partial charge on any atom is 0.340 e. The third kappa shape index (κ3) is 3.48. The van der Waals surface area contributed by atoms with Gasteiger partial charge in [-0.25, -0.2) is 4.79 Å². The minimum Gasteiger partial charge on any atom is -0.494 e. The predicted octanol–water partition coefficient (Wildman–Crippen LogP) is 2.03. The van der Waals surface area contributed by atoms with Crippen molar-refractivity contribution < 1.29 is 14.3 Å². The third-order valence-corrected chi connectivity index (χ3v) is 2.07. The summed E-state index contributed by atoms with van der Waals surface area (Å²) in [6, 6.07) is 1.56. The summed E-state index contributed by atoms with van der Waals surface area (Å²) in [5, 5.41) is 0. The lowest BCUT2D eigenvalue weighted by Crippen LogP contribution is -2.24. The van der Waals surface area contributed by atoms with Crippen molar-refractivity contribution in [3.63, 3.8) is 0 Å². The van der Waals surface area contributed by atoms with E-state index in [0.717, 1.165) is 0 Å². The largest absolute Gasteiger partial charge is 0.494 e. The standard InChI is InChI=1S/C13H18N2O3/c1-8(12(16)18-13(2,3)4)10-6-11(17-5)9(14)7-15-10/h6-7H,1,14H2,2-5H3. The highest BCUT2D eigenvalue weighted by molar-refractivity contribution is 6.15. The molecule has 0 saturated carbocycles. The van der Waals surface area contributed by atoms with Crippen LogP contribution >= 0.6 is 0 Å². The van der Waals surface area contributed by atoms with Crippen molar-refractivity contribution in [2.45, 2.75) is 26.4 Å². The van der Waals surface area contributed by atoms with Crippen molar-refractivity contribution in [2.75, 3.05) is 12.8 Å². The number of methoxy groups -OCH3 is 1. The Labute approximate surface area is 107 Å². The average Bonchev–Trinajstić information content (AvgIpc) is 2.26. The van der Waals surface area contributed by atoms with Crippen LogP contribution in [0.3, 0.4) is 0 Å². The molecule has 0 aliphatic carbocycles. The van der Waals surface area contributed by atoms with E-state index in [0.29, 0.717) is 17.1 Å². The number of nitrogens with two attached hydrogens (primary N) is 1. The Balaban J connectivity index is 2.94. The van der Waals surface area contributed by atoms with Gasteiger partial charge in [0, 0.05) is 6.07 Å². The average molecular weight is 250 g/mol.